The Labute approximate surface area is 321 Å². The molecule has 0 spiro atoms. The Morgan fingerprint density at radius 2 is 1.55 bits per heavy atom. The Hall–Kier alpha value is -6.60. The molecular weight excluding hydrogens is 719 g/mol. The van der Waals surface area contributed by atoms with Crippen molar-refractivity contribution in [2.24, 2.45) is 0 Å². The molecule has 0 saturated heterocycles. The predicted molar refractivity (Wildman–Crippen MR) is 209 cm³/mol. The monoisotopic (exact) mass is 761 g/mol. The summed E-state index contributed by atoms with van der Waals surface area (Å²) in [5.74, 6) is 1.96. The van der Waals surface area contributed by atoms with Gasteiger partial charge in [-0.1, -0.05) is 6.07 Å². The minimum absolute atomic E-state index is 0.119. The number of rotatable bonds is 6. The fourth-order valence-electron chi connectivity index (χ4n) is 6.98. The summed E-state index contributed by atoms with van der Waals surface area (Å²) in [6, 6.07) is 10.9. The molecule has 0 unspecified atom stereocenters. The van der Waals surface area contributed by atoms with Gasteiger partial charge in [0.25, 0.3) is 11.8 Å². The van der Waals surface area contributed by atoms with Gasteiger partial charge in [-0.05, 0) is 44.5 Å². The number of nitrogens with one attached hydrogen (secondary N) is 6. The fraction of sp³-hybridized carbons (Fsp3) is 0.351. The van der Waals surface area contributed by atoms with Gasteiger partial charge in [0.15, 0.2) is 40.1 Å². The molecule has 0 fully saturated rings. The number of fused-ring (bicyclic) bond motifs is 6. The lowest BCUT2D eigenvalue weighted by atomic mass is 10.1. The molecule has 6 aromatic rings. The molecule has 2 amide bonds. The Morgan fingerprint density at radius 3 is 2.23 bits per heavy atom. The van der Waals surface area contributed by atoms with E-state index >= 15 is 0 Å². The normalized spacial score (nSPS) is 17.7. The highest BCUT2D eigenvalue weighted by Crippen LogP contribution is 2.31. The van der Waals surface area contributed by atoms with Crippen molar-refractivity contribution >= 4 is 57.6 Å². The smallest absolute Gasteiger partial charge is 0.271 e. The lowest BCUT2D eigenvalue weighted by Crippen LogP contribution is -2.43. The molecule has 2 aliphatic heterocycles. The molecule has 1 aromatic carbocycles. The van der Waals surface area contributed by atoms with Crippen molar-refractivity contribution in [1.29, 1.82) is 0 Å². The average molecular weight is 762 g/mol. The van der Waals surface area contributed by atoms with Crippen molar-refractivity contribution in [1.82, 2.24) is 54.7 Å². The Morgan fingerprint density at radius 1 is 0.875 bits per heavy atom. The van der Waals surface area contributed by atoms with Crippen molar-refractivity contribution in [2.45, 2.75) is 45.0 Å². The number of hydrogen-bond acceptors (Lipinski definition) is 15. The number of carbonyl (C=O) groups excluding carboxylic acids is 2. The SMILES string of the molecule is CNc1cc2nn3c(cnc13)C(=O)N[C@H](CCc1cc3nc(n1)COC[C@@H](C)NC(=O)c1cnc4c(NC)cc(nn14)N3)CN(C)Cc1ccc(OC)c(c1)N2. The third-order valence-corrected chi connectivity index (χ3v) is 9.59. The van der Waals surface area contributed by atoms with Crippen LogP contribution in [0.25, 0.3) is 11.3 Å². The highest BCUT2D eigenvalue weighted by atomic mass is 16.5. The van der Waals surface area contributed by atoms with Gasteiger partial charge >= 0.3 is 0 Å². The molecule has 0 radical (unpaired) electrons. The van der Waals surface area contributed by atoms with Gasteiger partial charge in [-0.2, -0.15) is 0 Å². The van der Waals surface area contributed by atoms with Crippen LogP contribution in [0.1, 0.15) is 51.4 Å². The van der Waals surface area contributed by atoms with E-state index in [1.807, 2.05) is 44.3 Å². The van der Waals surface area contributed by atoms with E-state index in [1.165, 1.54) is 16.9 Å². The van der Waals surface area contributed by atoms with Crippen molar-refractivity contribution in [2.75, 3.05) is 62.7 Å². The highest BCUT2D eigenvalue weighted by molar-refractivity contribution is 5.95. The predicted octanol–water partition coefficient (Wildman–Crippen LogP) is 2.97. The number of likely N-dealkylation sites (N-methyl/N-ethyl adjacent to an activating group) is 1. The molecule has 6 N–H and O–H groups in total. The van der Waals surface area contributed by atoms with Crippen molar-refractivity contribution < 1.29 is 19.1 Å². The van der Waals surface area contributed by atoms with Gasteiger partial charge in [-0.3, -0.25) is 9.59 Å². The van der Waals surface area contributed by atoms with E-state index in [0.717, 1.165) is 16.9 Å². The number of nitrogens with zero attached hydrogens (tertiary/aromatic N) is 9. The number of aryl methyl sites for hydroxylation is 1. The molecule has 0 saturated carbocycles. The standard InChI is InChI=1S/C37H43N15O4/c1-20-18-56-19-33-43-22(11-30(47-33)46-32-13-26(39-3)35-40-14-27(36(53)42-20)51(35)49-32)7-8-23-17-50(4)16-21-6-9-29(55-5)24(10-21)45-31-12-25(38-2)34-41-15-28(37(54)44-23)52(34)48-31/h6,9-15,20,23,38-39H,7-8,16-19H2,1-5H3,(H,42,53)(H,44,54)(H,45,48)(H,43,46,47,49)/t20-,23-/m1/s1. The first-order valence-corrected chi connectivity index (χ1v) is 18.3. The van der Waals surface area contributed by atoms with Gasteiger partial charge in [-0.15, -0.1) is 10.2 Å². The summed E-state index contributed by atoms with van der Waals surface area (Å²) in [5.41, 5.74) is 5.53. The maximum absolute atomic E-state index is 14.0. The van der Waals surface area contributed by atoms with Crippen LogP contribution in [-0.4, -0.2) is 109 Å². The van der Waals surface area contributed by atoms with Gasteiger partial charge in [0.2, 0.25) is 0 Å². The van der Waals surface area contributed by atoms with E-state index in [-0.39, 0.29) is 42.8 Å². The second-order valence-corrected chi connectivity index (χ2v) is 13.9. The summed E-state index contributed by atoms with van der Waals surface area (Å²) in [6.45, 7) is 3.37. The van der Waals surface area contributed by atoms with Gasteiger partial charge in [0.1, 0.15) is 18.2 Å². The first-order chi connectivity index (χ1) is 27.2. The van der Waals surface area contributed by atoms with Crippen LogP contribution in [0.2, 0.25) is 0 Å². The quantitative estimate of drug-likeness (QED) is 0.144. The van der Waals surface area contributed by atoms with E-state index in [2.05, 4.69) is 46.8 Å². The van der Waals surface area contributed by atoms with Crippen LogP contribution in [0.4, 0.5) is 34.5 Å². The van der Waals surface area contributed by atoms with Crippen LogP contribution in [0.3, 0.4) is 0 Å². The zero-order valence-corrected chi connectivity index (χ0v) is 31.7. The van der Waals surface area contributed by atoms with Crippen LogP contribution in [0.5, 0.6) is 5.75 Å². The zero-order chi connectivity index (χ0) is 38.9. The first kappa shape index (κ1) is 36.4. The molecule has 19 heteroatoms. The maximum Gasteiger partial charge on any atom is 0.271 e. The number of carbonyl (C=O) groups is 2. The van der Waals surface area contributed by atoms with Gasteiger partial charge < -0.3 is 46.3 Å². The van der Waals surface area contributed by atoms with Gasteiger partial charge in [0.05, 0.1) is 43.2 Å². The Balaban J connectivity index is 1.11. The van der Waals surface area contributed by atoms with E-state index in [0.29, 0.717) is 83.3 Å². The summed E-state index contributed by atoms with van der Waals surface area (Å²) in [7, 11) is 7.23. The third-order valence-electron chi connectivity index (χ3n) is 9.59. The number of imidazole rings is 2. The number of ether oxygens (including phenoxy) is 2. The zero-order valence-electron chi connectivity index (χ0n) is 31.7. The second-order valence-electron chi connectivity index (χ2n) is 13.9. The van der Waals surface area contributed by atoms with Crippen LogP contribution < -0.4 is 36.6 Å². The third kappa shape index (κ3) is 7.40. The van der Waals surface area contributed by atoms with E-state index in [1.54, 1.807) is 31.8 Å². The molecule has 7 heterocycles. The summed E-state index contributed by atoms with van der Waals surface area (Å²) in [6.07, 6.45) is 4.09. The van der Waals surface area contributed by atoms with Gasteiger partial charge in [0, 0.05) is 63.2 Å². The summed E-state index contributed by atoms with van der Waals surface area (Å²) in [5, 5.41) is 28.7. The average Bonchev–Trinajstić information content (AvgIpc) is 3.81. The van der Waals surface area contributed by atoms with E-state index < -0.39 is 0 Å². The number of amides is 2. The fourth-order valence-corrected chi connectivity index (χ4v) is 6.98. The highest BCUT2D eigenvalue weighted by Gasteiger charge is 2.24. The number of methoxy groups -OCH3 is 1. The molecule has 290 valence electrons. The number of aromatic nitrogens is 8. The van der Waals surface area contributed by atoms with Crippen LogP contribution >= 0.6 is 0 Å². The summed E-state index contributed by atoms with van der Waals surface area (Å²) >= 11 is 0. The minimum atomic E-state index is -0.319. The molecule has 2 atom stereocenters. The molecule has 19 nitrogen and oxygen atoms in total. The molecule has 8 bridgehead atoms. The number of anilines is 6. The molecule has 56 heavy (non-hydrogen) atoms. The van der Waals surface area contributed by atoms with Gasteiger partial charge in [-0.25, -0.2) is 29.0 Å². The molecular formula is C37H43N15O4. The van der Waals surface area contributed by atoms with Crippen LogP contribution in [0, 0.1) is 0 Å². The molecule has 0 aliphatic carbocycles. The Bertz CT molecular complexity index is 2450. The molecule has 8 rings (SSSR count). The summed E-state index contributed by atoms with van der Waals surface area (Å²) in [4.78, 5) is 47.9. The maximum atomic E-state index is 14.0. The minimum Gasteiger partial charge on any atom is -0.495 e. The van der Waals surface area contributed by atoms with Crippen molar-refractivity contribution in [3.63, 3.8) is 0 Å². The number of benzene rings is 1. The Kier molecular flexibility index (Phi) is 9.92. The van der Waals surface area contributed by atoms with Crippen LogP contribution in [0.15, 0.2) is 48.8 Å². The van der Waals surface area contributed by atoms with Crippen LogP contribution in [-0.2, 0) is 24.3 Å². The van der Waals surface area contributed by atoms with Crippen molar-refractivity contribution in [3.8, 4) is 5.75 Å². The summed E-state index contributed by atoms with van der Waals surface area (Å²) < 4.78 is 14.7. The lowest BCUT2D eigenvalue weighted by molar-refractivity contribution is 0.0798. The largest absolute Gasteiger partial charge is 0.495 e. The number of hydrogen-bond donors (Lipinski definition) is 6. The van der Waals surface area contributed by atoms with E-state index in [4.69, 9.17) is 29.6 Å². The first-order valence-electron chi connectivity index (χ1n) is 18.3. The van der Waals surface area contributed by atoms with E-state index in [9.17, 15) is 9.59 Å². The topological polar surface area (TPSA) is 214 Å². The lowest BCUT2D eigenvalue weighted by Gasteiger charge is -2.26. The second kappa shape index (κ2) is 15.3. The van der Waals surface area contributed by atoms with Crippen molar-refractivity contribution in [3.05, 3.63) is 77.3 Å². The molecule has 2 aliphatic rings. The molecule has 5 aromatic heterocycles.